The first-order valence-corrected chi connectivity index (χ1v) is 13.7. The Bertz CT molecular complexity index is 1460. The van der Waals surface area contributed by atoms with E-state index < -0.39 is 12.1 Å². The van der Waals surface area contributed by atoms with E-state index in [4.69, 9.17) is 9.72 Å². The number of hydrogen-bond acceptors (Lipinski definition) is 8. The van der Waals surface area contributed by atoms with Gasteiger partial charge in [-0.05, 0) is 30.2 Å². The van der Waals surface area contributed by atoms with Gasteiger partial charge in [-0.15, -0.1) is 0 Å². The smallest absolute Gasteiger partial charge is 0.340 e. The predicted molar refractivity (Wildman–Crippen MR) is 140 cm³/mol. The number of carbonyl (C=O) groups excluding carboxylic acids is 1. The van der Waals surface area contributed by atoms with E-state index >= 15 is 0 Å². The minimum absolute atomic E-state index is 0.00582. The van der Waals surface area contributed by atoms with Crippen LogP contribution in [0.25, 0.3) is 22.3 Å². The van der Waals surface area contributed by atoms with Crippen molar-refractivity contribution >= 4 is 28.6 Å². The second-order valence-corrected chi connectivity index (χ2v) is 10.4. The van der Waals surface area contributed by atoms with Crippen molar-refractivity contribution in [1.82, 2.24) is 14.5 Å². The van der Waals surface area contributed by atoms with E-state index in [-0.39, 0.29) is 48.3 Å². The topological polar surface area (TPSA) is 105 Å². The van der Waals surface area contributed by atoms with Gasteiger partial charge in [0.2, 0.25) is 0 Å². The molecule has 2 N–H and O–H groups in total. The lowest BCUT2D eigenvalue weighted by Gasteiger charge is -2.35. The van der Waals surface area contributed by atoms with Crippen LogP contribution in [0.15, 0.2) is 23.0 Å². The van der Waals surface area contributed by atoms with Crippen LogP contribution in [0.3, 0.4) is 0 Å². The first-order chi connectivity index (χ1) is 17.9. The third-order valence-corrected chi connectivity index (χ3v) is 8.37. The first-order valence-electron chi connectivity index (χ1n) is 12.5. The number of hydrogen-bond donors (Lipinski definition) is 2. The van der Waals surface area contributed by atoms with E-state index in [0.29, 0.717) is 29.0 Å². The number of nitrogens with zero attached hydrogens (tertiary/aromatic N) is 3. The molecule has 10 heteroatoms. The Morgan fingerprint density at radius 3 is 2.76 bits per heavy atom. The van der Waals surface area contributed by atoms with Crippen molar-refractivity contribution in [2.75, 3.05) is 24.7 Å². The maximum atomic E-state index is 14.6. The van der Waals surface area contributed by atoms with Crippen LogP contribution in [0.1, 0.15) is 47.8 Å². The van der Waals surface area contributed by atoms with Crippen LogP contribution < -0.4 is 5.56 Å². The number of carbonyl (C=O) groups is 1. The van der Waals surface area contributed by atoms with Crippen LogP contribution in [0.2, 0.25) is 0 Å². The highest BCUT2D eigenvalue weighted by Crippen LogP contribution is 2.39. The van der Waals surface area contributed by atoms with Crippen molar-refractivity contribution in [2.24, 2.45) is 0 Å². The molecule has 1 saturated heterocycles. The van der Waals surface area contributed by atoms with Crippen LogP contribution in [0.5, 0.6) is 0 Å². The predicted octanol–water partition coefficient (Wildman–Crippen LogP) is 2.90. The van der Waals surface area contributed by atoms with Crippen LogP contribution in [-0.2, 0) is 29.2 Å². The fourth-order valence-electron chi connectivity index (χ4n) is 5.29. The van der Waals surface area contributed by atoms with Crippen molar-refractivity contribution in [3.63, 3.8) is 0 Å². The van der Waals surface area contributed by atoms with Crippen molar-refractivity contribution in [3.05, 3.63) is 62.2 Å². The average molecular weight is 528 g/mol. The minimum Gasteiger partial charge on any atom is -0.458 e. The van der Waals surface area contributed by atoms with Gasteiger partial charge in [0.15, 0.2) is 6.10 Å². The molecule has 2 aromatic heterocycles. The van der Waals surface area contributed by atoms with Gasteiger partial charge in [0.25, 0.3) is 5.56 Å². The van der Waals surface area contributed by atoms with Gasteiger partial charge in [-0.3, -0.25) is 9.69 Å². The molecule has 0 spiro atoms. The second-order valence-electron chi connectivity index (χ2n) is 9.28. The number of halogens is 1. The van der Waals surface area contributed by atoms with Crippen LogP contribution in [-0.4, -0.2) is 61.3 Å². The standard InChI is InChI=1S/C25H24FN3O5S.C2H6/c1-12-4-14-16(7-28-2-3-35-11-13(28)9-30)17-8-29-21(22(17)27-20(14)6-19(12)26)5-15-18(24(29)32)10-34-25(33)23(15)31;1-2/h4-6,13,23,30-31H,2-3,7-11H2,1H3;1-2H3. The summed E-state index contributed by atoms with van der Waals surface area (Å²) in [5, 5.41) is 21.1. The Labute approximate surface area is 218 Å². The van der Waals surface area contributed by atoms with Crippen LogP contribution in [0.4, 0.5) is 4.39 Å². The van der Waals surface area contributed by atoms with E-state index in [9.17, 15) is 24.2 Å². The molecule has 2 unspecified atom stereocenters. The van der Waals surface area contributed by atoms with Crippen molar-refractivity contribution in [1.29, 1.82) is 0 Å². The Balaban J connectivity index is 0.00000137. The zero-order valence-electron chi connectivity index (χ0n) is 21.1. The van der Waals surface area contributed by atoms with Gasteiger partial charge in [0.05, 0.1) is 35.6 Å². The number of aryl methyl sites for hydroxylation is 1. The number of ether oxygens (including phenoxy) is 1. The number of aromatic nitrogens is 2. The van der Waals surface area contributed by atoms with Crippen LogP contribution >= 0.6 is 11.8 Å². The number of esters is 1. The normalized spacial score (nSPS) is 20.5. The average Bonchev–Trinajstić information content (AvgIpc) is 3.28. The molecular weight excluding hydrogens is 497 g/mol. The molecular formula is C27H30FN3O5S. The molecule has 37 heavy (non-hydrogen) atoms. The van der Waals surface area contributed by atoms with Gasteiger partial charge < -0.3 is 19.5 Å². The molecule has 0 amide bonds. The van der Waals surface area contributed by atoms with Gasteiger partial charge in [0, 0.05) is 53.2 Å². The highest BCUT2D eigenvalue weighted by Gasteiger charge is 2.35. The third-order valence-electron chi connectivity index (χ3n) is 7.28. The van der Waals surface area contributed by atoms with E-state index in [1.807, 2.05) is 25.6 Å². The summed E-state index contributed by atoms with van der Waals surface area (Å²) in [6.07, 6.45) is -1.53. The second kappa shape index (κ2) is 10.2. The summed E-state index contributed by atoms with van der Waals surface area (Å²) in [6, 6.07) is 4.85. The summed E-state index contributed by atoms with van der Waals surface area (Å²) >= 11 is 1.81. The molecule has 3 aromatic rings. The van der Waals surface area contributed by atoms with E-state index in [0.717, 1.165) is 34.6 Å². The molecule has 196 valence electrons. The molecule has 0 radical (unpaired) electrons. The van der Waals surface area contributed by atoms with Crippen molar-refractivity contribution < 1.29 is 24.1 Å². The lowest BCUT2D eigenvalue weighted by Crippen LogP contribution is -2.44. The van der Waals surface area contributed by atoms with Gasteiger partial charge in [-0.1, -0.05) is 13.8 Å². The maximum absolute atomic E-state index is 14.6. The molecule has 0 bridgehead atoms. The monoisotopic (exact) mass is 527 g/mol. The molecule has 6 rings (SSSR count). The molecule has 8 nitrogen and oxygen atoms in total. The molecule has 2 atom stereocenters. The summed E-state index contributed by atoms with van der Waals surface area (Å²) in [4.78, 5) is 32.3. The molecule has 3 aliphatic rings. The number of fused-ring (bicyclic) bond motifs is 5. The van der Waals surface area contributed by atoms with Gasteiger partial charge in [-0.2, -0.15) is 11.8 Å². The molecule has 5 heterocycles. The number of benzene rings is 1. The van der Waals surface area contributed by atoms with E-state index in [1.165, 1.54) is 6.07 Å². The Hall–Kier alpha value is -2.79. The summed E-state index contributed by atoms with van der Waals surface area (Å²) in [5.41, 5.74) is 4.01. The highest BCUT2D eigenvalue weighted by molar-refractivity contribution is 7.99. The summed E-state index contributed by atoms with van der Waals surface area (Å²) in [5.74, 6) is 0.627. The number of aliphatic hydroxyl groups excluding tert-OH is 2. The number of aliphatic hydroxyl groups is 2. The third kappa shape index (κ3) is 4.25. The Morgan fingerprint density at radius 1 is 1.22 bits per heavy atom. The van der Waals surface area contributed by atoms with Crippen LogP contribution in [0, 0.1) is 12.7 Å². The SMILES string of the molecule is CC.Cc1cc2c(CN3CCSCC3CO)c3c(nc2cc1F)-c1cc2c(c(=O)n1C3)COC(=O)C2O. The first kappa shape index (κ1) is 25.8. The van der Waals surface area contributed by atoms with E-state index in [2.05, 4.69) is 4.90 Å². The van der Waals surface area contributed by atoms with Gasteiger partial charge in [0.1, 0.15) is 12.4 Å². The zero-order valence-corrected chi connectivity index (χ0v) is 21.9. The number of rotatable bonds is 3. The number of thioether (sulfide) groups is 1. The lowest BCUT2D eigenvalue weighted by molar-refractivity contribution is -0.157. The molecule has 3 aliphatic heterocycles. The maximum Gasteiger partial charge on any atom is 0.340 e. The summed E-state index contributed by atoms with van der Waals surface area (Å²) < 4.78 is 21.1. The minimum atomic E-state index is -1.53. The van der Waals surface area contributed by atoms with Crippen molar-refractivity contribution in [3.8, 4) is 11.4 Å². The fourth-order valence-corrected chi connectivity index (χ4v) is 6.41. The Morgan fingerprint density at radius 2 is 2.00 bits per heavy atom. The molecule has 0 aliphatic carbocycles. The van der Waals surface area contributed by atoms with E-state index in [1.54, 1.807) is 23.6 Å². The molecule has 1 fully saturated rings. The quantitative estimate of drug-likeness (QED) is 0.392. The summed E-state index contributed by atoms with van der Waals surface area (Å²) in [7, 11) is 0. The number of cyclic esters (lactones) is 1. The van der Waals surface area contributed by atoms with Gasteiger partial charge in [-0.25, -0.2) is 14.2 Å². The largest absolute Gasteiger partial charge is 0.458 e. The highest BCUT2D eigenvalue weighted by atomic mass is 32.2. The zero-order chi connectivity index (χ0) is 26.4. The Kier molecular flexibility index (Phi) is 7.10. The molecule has 1 aromatic carbocycles. The number of pyridine rings is 2. The summed E-state index contributed by atoms with van der Waals surface area (Å²) in [6.45, 7) is 7.20. The fraction of sp³-hybridized carbons (Fsp3) is 0.444. The van der Waals surface area contributed by atoms with Crippen molar-refractivity contribution in [2.45, 2.75) is 52.6 Å². The molecule has 0 saturated carbocycles. The lowest BCUT2D eigenvalue weighted by atomic mass is 9.97. The van der Waals surface area contributed by atoms with Gasteiger partial charge >= 0.3 is 5.97 Å².